The lowest BCUT2D eigenvalue weighted by Crippen LogP contribution is -2.41. The Labute approximate surface area is 191 Å². The van der Waals surface area contributed by atoms with Crippen LogP contribution in [-0.4, -0.2) is 72.0 Å². The largest absolute Gasteiger partial charge is 0.489 e. The van der Waals surface area contributed by atoms with E-state index in [1.807, 2.05) is 12.1 Å². The lowest BCUT2D eigenvalue weighted by atomic mass is 10.1. The fraction of sp³-hybridized carbons (Fsp3) is 0.519. The number of fused-ring (bicyclic) bond motifs is 2. The van der Waals surface area contributed by atoms with Gasteiger partial charge in [0, 0.05) is 63.8 Å². The molecule has 0 aromatic heterocycles. The van der Waals surface area contributed by atoms with Crippen LogP contribution in [0.15, 0.2) is 48.5 Å². The molecule has 0 saturated carbocycles. The van der Waals surface area contributed by atoms with Crippen molar-refractivity contribution in [3.63, 3.8) is 0 Å². The topological polar surface area (TPSA) is 36.0 Å². The molecule has 0 N–H and O–H groups in total. The van der Waals surface area contributed by atoms with Gasteiger partial charge in [0.05, 0.1) is 0 Å². The van der Waals surface area contributed by atoms with Gasteiger partial charge in [-0.3, -0.25) is 14.6 Å². The Morgan fingerprint density at radius 3 is 2.44 bits per heavy atom. The lowest BCUT2D eigenvalue weighted by molar-refractivity contribution is -0.131. The van der Waals surface area contributed by atoms with Crippen LogP contribution in [0.1, 0.15) is 36.5 Å². The number of hydrogen-bond donors (Lipinski definition) is 0. The maximum absolute atomic E-state index is 13.1. The minimum absolute atomic E-state index is 0.135. The average molecular weight is 434 g/mol. The Morgan fingerprint density at radius 2 is 1.66 bits per heavy atom. The van der Waals surface area contributed by atoms with Crippen molar-refractivity contribution in [2.75, 3.05) is 39.3 Å². The molecule has 1 aliphatic carbocycles. The second kappa shape index (κ2) is 9.63. The standard InChI is InChI=1S/C27H35N3O2/c1-21-19-28(20-24-9-4-5-10-26(24)32-21)14-11-27(31)30-13-6-12-29(15-16-30)25-17-22-7-2-3-8-23(22)18-25/h2-5,7-10,21,25H,6,11-20H2,1H3. The first-order chi connectivity index (χ1) is 15.7. The molecule has 1 fully saturated rings. The van der Waals surface area contributed by atoms with Gasteiger partial charge in [-0.05, 0) is 43.4 Å². The van der Waals surface area contributed by atoms with Crippen molar-refractivity contribution >= 4 is 5.91 Å². The Balaban J connectivity index is 1.12. The molecule has 2 aromatic carbocycles. The summed E-state index contributed by atoms with van der Waals surface area (Å²) in [6.45, 7) is 8.44. The molecule has 1 amide bonds. The molecule has 2 aromatic rings. The van der Waals surface area contributed by atoms with E-state index in [0.29, 0.717) is 18.4 Å². The molecular formula is C27H35N3O2. The van der Waals surface area contributed by atoms with Gasteiger partial charge in [-0.1, -0.05) is 42.5 Å². The summed E-state index contributed by atoms with van der Waals surface area (Å²) in [7, 11) is 0. The van der Waals surface area contributed by atoms with Gasteiger partial charge in [-0.15, -0.1) is 0 Å². The highest BCUT2D eigenvalue weighted by Gasteiger charge is 2.29. The third-order valence-electron chi connectivity index (χ3n) is 7.28. The number of para-hydroxylation sites is 1. The van der Waals surface area contributed by atoms with Gasteiger partial charge < -0.3 is 9.64 Å². The van der Waals surface area contributed by atoms with Crippen molar-refractivity contribution < 1.29 is 9.53 Å². The second-order valence-electron chi connectivity index (χ2n) is 9.62. The van der Waals surface area contributed by atoms with Crippen molar-refractivity contribution in [1.82, 2.24) is 14.7 Å². The molecule has 2 heterocycles. The summed E-state index contributed by atoms with van der Waals surface area (Å²) in [5.74, 6) is 1.28. The summed E-state index contributed by atoms with van der Waals surface area (Å²) in [5, 5.41) is 0. The average Bonchev–Trinajstić information content (AvgIpc) is 2.97. The molecule has 5 nitrogen and oxygen atoms in total. The molecule has 0 radical (unpaired) electrons. The van der Waals surface area contributed by atoms with Crippen molar-refractivity contribution in [2.24, 2.45) is 0 Å². The Hall–Kier alpha value is -2.37. The molecule has 5 heteroatoms. The fourth-order valence-corrected chi connectivity index (χ4v) is 5.60. The highest BCUT2D eigenvalue weighted by atomic mass is 16.5. The van der Waals surface area contributed by atoms with Crippen LogP contribution in [0.4, 0.5) is 0 Å². The number of carbonyl (C=O) groups excluding carboxylic acids is 1. The zero-order valence-corrected chi connectivity index (χ0v) is 19.2. The van der Waals surface area contributed by atoms with E-state index < -0.39 is 0 Å². The minimum Gasteiger partial charge on any atom is -0.489 e. The van der Waals surface area contributed by atoms with Gasteiger partial charge in [0.15, 0.2) is 0 Å². The first kappa shape index (κ1) is 21.5. The molecule has 1 atom stereocenters. The van der Waals surface area contributed by atoms with E-state index in [9.17, 15) is 4.79 Å². The summed E-state index contributed by atoms with van der Waals surface area (Å²) >= 11 is 0. The van der Waals surface area contributed by atoms with Crippen LogP contribution >= 0.6 is 0 Å². The van der Waals surface area contributed by atoms with E-state index in [1.54, 1.807) is 0 Å². The van der Waals surface area contributed by atoms with Crippen LogP contribution < -0.4 is 4.74 Å². The number of ether oxygens (including phenoxy) is 1. The van der Waals surface area contributed by atoms with Crippen molar-refractivity contribution in [1.29, 1.82) is 0 Å². The van der Waals surface area contributed by atoms with Gasteiger partial charge in [0.1, 0.15) is 11.9 Å². The normalized spacial score (nSPS) is 22.5. The first-order valence-electron chi connectivity index (χ1n) is 12.2. The minimum atomic E-state index is 0.135. The van der Waals surface area contributed by atoms with E-state index in [0.717, 1.165) is 70.8 Å². The molecule has 170 valence electrons. The molecule has 2 aliphatic heterocycles. The Morgan fingerprint density at radius 1 is 0.938 bits per heavy atom. The molecule has 0 spiro atoms. The number of nitrogens with zero attached hydrogens (tertiary/aromatic N) is 3. The van der Waals surface area contributed by atoms with Gasteiger partial charge in [-0.2, -0.15) is 0 Å². The van der Waals surface area contributed by atoms with Crippen molar-refractivity contribution in [3.05, 3.63) is 65.2 Å². The number of rotatable bonds is 4. The predicted octanol–water partition coefficient (Wildman–Crippen LogP) is 3.36. The van der Waals surface area contributed by atoms with Crippen molar-refractivity contribution in [2.45, 2.75) is 51.3 Å². The summed E-state index contributed by atoms with van der Waals surface area (Å²) in [5.41, 5.74) is 4.23. The highest BCUT2D eigenvalue weighted by molar-refractivity contribution is 5.76. The molecule has 3 aliphatic rings. The summed E-state index contributed by atoms with van der Waals surface area (Å²) in [4.78, 5) is 20.2. The van der Waals surface area contributed by atoms with Crippen LogP contribution in [0.3, 0.4) is 0 Å². The molecule has 1 saturated heterocycles. The van der Waals surface area contributed by atoms with Crippen LogP contribution in [0, 0.1) is 0 Å². The fourth-order valence-electron chi connectivity index (χ4n) is 5.60. The summed E-state index contributed by atoms with van der Waals surface area (Å²) < 4.78 is 6.07. The van der Waals surface area contributed by atoms with Crippen LogP contribution in [0.25, 0.3) is 0 Å². The molecular weight excluding hydrogens is 398 g/mol. The summed E-state index contributed by atoms with van der Waals surface area (Å²) in [6, 6.07) is 17.7. The number of amides is 1. The van der Waals surface area contributed by atoms with Crippen LogP contribution in [-0.2, 0) is 24.2 Å². The number of carbonyl (C=O) groups is 1. The smallest absolute Gasteiger partial charge is 0.223 e. The Kier molecular flexibility index (Phi) is 6.47. The van der Waals surface area contributed by atoms with E-state index in [4.69, 9.17) is 4.74 Å². The Bertz CT molecular complexity index is 921. The molecule has 0 bridgehead atoms. The third kappa shape index (κ3) is 4.84. The third-order valence-corrected chi connectivity index (χ3v) is 7.28. The summed E-state index contributed by atoms with van der Waals surface area (Å²) in [6.07, 6.45) is 4.10. The molecule has 1 unspecified atom stereocenters. The number of hydrogen-bond acceptors (Lipinski definition) is 4. The number of benzene rings is 2. The lowest BCUT2D eigenvalue weighted by Gasteiger charge is -2.28. The van der Waals surface area contributed by atoms with E-state index in [1.165, 1.54) is 16.7 Å². The van der Waals surface area contributed by atoms with E-state index in [-0.39, 0.29) is 6.10 Å². The maximum Gasteiger partial charge on any atom is 0.223 e. The predicted molar refractivity (Wildman–Crippen MR) is 127 cm³/mol. The SMILES string of the molecule is CC1CN(CCC(=O)N2CCCN(C3Cc4ccccc4C3)CC2)Cc2ccccc2O1. The first-order valence-corrected chi connectivity index (χ1v) is 12.2. The van der Waals surface area contributed by atoms with Crippen LogP contribution in [0.5, 0.6) is 5.75 Å². The van der Waals surface area contributed by atoms with E-state index >= 15 is 0 Å². The van der Waals surface area contributed by atoms with E-state index in [2.05, 4.69) is 58.0 Å². The quantitative estimate of drug-likeness (QED) is 0.741. The van der Waals surface area contributed by atoms with Gasteiger partial charge >= 0.3 is 0 Å². The maximum atomic E-state index is 13.1. The second-order valence-corrected chi connectivity index (χ2v) is 9.62. The monoisotopic (exact) mass is 433 g/mol. The zero-order valence-electron chi connectivity index (χ0n) is 19.2. The van der Waals surface area contributed by atoms with Gasteiger partial charge in [0.2, 0.25) is 5.91 Å². The highest BCUT2D eigenvalue weighted by Crippen LogP contribution is 2.27. The van der Waals surface area contributed by atoms with Gasteiger partial charge in [0.25, 0.3) is 0 Å². The zero-order chi connectivity index (χ0) is 21.9. The van der Waals surface area contributed by atoms with Crippen LogP contribution in [0.2, 0.25) is 0 Å². The molecule has 5 rings (SSSR count). The van der Waals surface area contributed by atoms with Crippen molar-refractivity contribution in [3.8, 4) is 5.75 Å². The molecule has 32 heavy (non-hydrogen) atoms. The van der Waals surface area contributed by atoms with Gasteiger partial charge in [-0.25, -0.2) is 0 Å².